The molecule has 106 valence electrons. The summed E-state index contributed by atoms with van der Waals surface area (Å²) in [6.45, 7) is 0. The average molecular weight is 282 g/mol. The third-order valence-electron chi connectivity index (χ3n) is 1.91. The molecule has 2 heterocycles. The number of carboxylic acid groups (broad SMARTS) is 1. The summed E-state index contributed by atoms with van der Waals surface area (Å²) < 4.78 is 0. The number of carboxylic acids is 1. The molecule has 2 aromatic heterocycles. The molecule has 0 fully saturated rings. The van der Waals surface area contributed by atoms with Crippen LogP contribution in [0.3, 0.4) is 0 Å². The van der Waals surface area contributed by atoms with E-state index in [1.165, 1.54) is 6.33 Å². The van der Waals surface area contributed by atoms with E-state index in [0.717, 1.165) is 6.07 Å². The second-order valence-corrected chi connectivity index (χ2v) is 3.33. The van der Waals surface area contributed by atoms with Crippen molar-refractivity contribution in [3.05, 3.63) is 44.6 Å². The Bertz CT molecular complexity index is 713. The highest BCUT2D eigenvalue weighted by atomic mass is 16.4. The van der Waals surface area contributed by atoms with Crippen LogP contribution in [0.25, 0.3) is 0 Å². The maximum absolute atomic E-state index is 10.5. The van der Waals surface area contributed by atoms with Crippen molar-refractivity contribution in [1.29, 1.82) is 0 Å². The lowest BCUT2D eigenvalue weighted by Crippen LogP contribution is -2.24. The van der Waals surface area contributed by atoms with Crippen LogP contribution in [-0.4, -0.2) is 36.9 Å². The maximum atomic E-state index is 10.5. The number of carbonyl (C=O) groups excluding carboxylic acids is 1. The van der Waals surface area contributed by atoms with Gasteiger partial charge in [0.25, 0.3) is 11.5 Å². The van der Waals surface area contributed by atoms with E-state index >= 15 is 0 Å². The molecular weight excluding hydrogens is 272 g/mol. The Morgan fingerprint density at radius 3 is 2.25 bits per heavy atom. The molecule has 0 aliphatic rings. The highest BCUT2D eigenvalue weighted by molar-refractivity contribution is 5.94. The van der Waals surface area contributed by atoms with Gasteiger partial charge in [-0.3, -0.25) is 14.6 Å². The average Bonchev–Trinajstić information content (AvgIpc) is 2.75. The van der Waals surface area contributed by atoms with Gasteiger partial charge in [-0.1, -0.05) is 0 Å². The Labute approximate surface area is 109 Å². The molecule has 2 rings (SSSR count). The predicted octanol–water partition coefficient (Wildman–Crippen LogP) is -2.15. The van der Waals surface area contributed by atoms with Gasteiger partial charge < -0.3 is 26.5 Å². The van der Waals surface area contributed by atoms with Crippen molar-refractivity contribution in [2.24, 2.45) is 5.73 Å². The Morgan fingerprint density at radius 2 is 1.90 bits per heavy atom. The Morgan fingerprint density at radius 1 is 1.25 bits per heavy atom. The van der Waals surface area contributed by atoms with Crippen molar-refractivity contribution in [3.8, 4) is 0 Å². The van der Waals surface area contributed by atoms with E-state index < -0.39 is 28.8 Å². The zero-order valence-corrected chi connectivity index (χ0v) is 9.84. The number of amides is 1. The zero-order valence-electron chi connectivity index (χ0n) is 9.84. The molecule has 11 heteroatoms. The minimum absolute atomic E-state index is 0.141. The van der Waals surface area contributed by atoms with Gasteiger partial charge >= 0.3 is 11.7 Å². The highest BCUT2D eigenvalue weighted by Gasteiger charge is 2.05. The number of primary amides is 1. The molecule has 0 unspecified atom stereocenters. The van der Waals surface area contributed by atoms with Crippen molar-refractivity contribution in [1.82, 2.24) is 19.9 Å². The molecule has 1 amide bonds. The molecule has 0 spiro atoms. The number of nitrogen functional groups attached to an aromatic ring is 1. The van der Waals surface area contributed by atoms with Crippen LogP contribution < -0.4 is 22.7 Å². The highest BCUT2D eigenvalue weighted by Crippen LogP contribution is 2.00. The number of imidazole rings is 1. The van der Waals surface area contributed by atoms with Crippen LogP contribution in [0.4, 0.5) is 5.82 Å². The zero-order chi connectivity index (χ0) is 15.3. The molecule has 0 saturated carbocycles. The summed E-state index contributed by atoms with van der Waals surface area (Å²) in [5.41, 5.74) is 8.26. The number of nitrogens with one attached hydrogen (secondary N) is 3. The molecule has 0 aromatic carbocycles. The fraction of sp³-hybridized carbons (Fsp3) is 0. The number of carbonyl (C=O) groups is 2. The van der Waals surface area contributed by atoms with Gasteiger partial charge in [0.05, 0.1) is 6.33 Å². The van der Waals surface area contributed by atoms with Crippen LogP contribution in [0.5, 0.6) is 0 Å². The molecule has 0 aliphatic carbocycles. The molecular formula is C9H10N6O5. The fourth-order valence-corrected chi connectivity index (χ4v) is 1.09. The van der Waals surface area contributed by atoms with Crippen molar-refractivity contribution < 1.29 is 14.7 Å². The summed E-state index contributed by atoms with van der Waals surface area (Å²) in [5.74, 6) is -1.79. The van der Waals surface area contributed by atoms with Gasteiger partial charge in [-0.15, -0.1) is 0 Å². The van der Waals surface area contributed by atoms with Gasteiger partial charge in [0.2, 0.25) is 0 Å². The molecule has 0 bridgehead atoms. The molecule has 11 nitrogen and oxygen atoms in total. The van der Waals surface area contributed by atoms with Gasteiger partial charge in [0, 0.05) is 6.07 Å². The summed E-state index contributed by atoms with van der Waals surface area (Å²) in [6, 6.07) is 0.795. The number of hydrogen-bond donors (Lipinski definition) is 6. The van der Waals surface area contributed by atoms with Crippen LogP contribution in [0.15, 0.2) is 22.0 Å². The number of nitrogens with two attached hydrogens (primary N) is 2. The first kappa shape index (κ1) is 14.7. The predicted molar refractivity (Wildman–Crippen MR) is 66.2 cm³/mol. The molecule has 0 radical (unpaired) electrons. The Hall–Kier alpha value is -3.37. The Balaban J connectivity index is 0.000000204. The number of anilines is 1. The first-order valence-corrected chi connectivity index (χ1v) is 4.97. The number of H-pyrrole nitrogens is 3. The van der Waals surface area contributed by atoms with E-state index in [4.69, 9.17) is 16.6 Å². The lowest BCUT2D eigenvalue weighted by Gasteiger charge is -1.89. The molecule has 0 aliphatic heterocycles. The van der Waals surface area contributed by atoms with Gasteiger partial charge in [-0.2, -0.15) is 0 Å². The van der Waals surface area contributed by atoms with Crippen molar-refractivity contribution in [2.45, 2.75) is 0 Å². The van der Waals surface area contributed by atoms with Crippen LogP contribution in [0, 0.1) is 0 Å². The van der Waals surface area contributed by atoms with Crippen LogP contribution in [0.2, 0.25) is 0 Å². The quantitative estimate of drug-likeness (QED) is 0.360. The topological polar surface area (TPSA) is 201 Å². The molecule has 8 N–H and O–H groups in total. The van der Waals surface area contributed by atoms with E-state index in [1.54, 1.807) is 0 Å². The monoisotopic (exact) mass is 282 g/mol. The van der Waals surface area contributed by atoms with Gasteiger partial charge in [-0.25, -0.2) is 14.6 Å². The number of aromatic amines is 3. The summed E-state index contributed by atoms with van der Waals surface area (Å²) in [4.78, 5) is 51.3. The Kier molecular flexibility index (Phi) is 4.40. The standard InChI is InChI=1S/C5H4N2O4.C4H6N4O/c8-3-1-2(4(9)10)6-5(11)7-3;5-3-2(4(6)9)7-1-8-3/h1H,(H,9,10)(H2,6,7,8,11);1H,5H2,(H2,6,9)(H,7,8). The van der Waals surface area contributed by atoms with E-state index in [-0.39, 0.29) is 11.5 Å². The third-order valence-corrected chi connectivity index (χ3v) is 1.91. The largest absolute Gasteiger partial charge is 0.477 e. The minimum atomic E-state index is -1.34. The lowest BCUT2D eigenvalue weighted by atomic mass is 10.4. The summed E-state index contributed by atoms with van der Waals surface area (Å²) >= 11 is 0. The van der Waals surface area contributed by atoms with E-state index in [1.807, 2.05) is 9.97 Å². The first-order valence-electron chi connectivity index (χ1n) is 4.97. The van der Waals surface area contributed by atoms with Crippen molar-refractivity contribution in [2.75, 3.05) is 5.73 Å². The first-order chi connectivity index (χ1) is 9.31. The lowest BCUT2D eigenvalue weighted by molar-refractivity contribution is 0.0689. The second-order valence-electron chi connectivity index (χ2n) is 3.33. The van der Waals surface area contributed by atoms with Gasteiger partial charge in [0.1, 0.15) is 11.4 Å². The molecule has 0 atom stereocenters. The minimum Gasteiger partial charge on any atom is -0.477 e. The molecule has 0 saturated heterocycles. The second kappa shape index (κ2) is 5.99. The van der Waals surface area contributed by atoms with Crippen molar-refractivity contribution in [3.63, 3.8) is 0 Å². The van der Waals surface area contributed by atoms with Gasteiger partial charge in [-0.05, 0) is 0 Å². The van der Waals surface area contributed by atoms with E-state index in [9.17, 15) is 19.2 Å². The summed E-state index contributed by atoms with van der Waals surface area (Å²) in [5, 5.41) is 8.31. The number of hydrogen-bond acceptors (Lipinski definition) is 6. The number of rotatable bonds is 2. The number of aromatic carboxylic acids is 1. The smallest absolute Gasteiger partial charge is 0.352 e. The van der Waals surface area contributed by atoms with E-state index in [0.29, 0.717) is 0 Å². The summed E-state index contributed by atoms with van der Waals surface area (Å²) in [7, 11) is 0. The van der Waals surface area contributed by atoms with Crippen LogP contribution in [0.1, 0.15) is 21.0 Å². The summed E-state index contributed by atoms with van der Waals surface area (Å²) in [6.07, 6.45) is 1.31. The third kappa shape index (κ3) is 3.83. The molecule has 2 aromatic rings. The van der Waals surface area contributed by atoms with Crippen molar-refractivity contribution >= 4 is 17.7 Å². The van der Waals surface area contributed by atoms with Crippen LogP contribution in [-0.2, 0) is 0 Å². The molecule has 20 heavy (non-hydrogen) atoms. The SMILES string of the molecule is NC(=O)c1[nH]cnc1N.O=C(O)c1cc(=O)[nH]c(=O)[nH]1. The number of aromatic nitrogens is 4. The van der Waals surface area contributed by atoms with Crippen LogP contribution >= 0.6 is 0 Å². The fourth-order valence-electron chi connectivity index (χ4n) is 1.09. The maximum Gasteiger partial charge on any atom is 0.352 e. The number of nitrogens with zero attached hydrogens (tertiary/aromatic N) is 1. The van der Waals surface area contributed by atoms with Gasteiger partial charge in [0.15, 0.2) is 5.82 Å². The normalized spacial score (nSPS) is 9.40. The van der Waals surface area contributed by atoms with E-state index in [2.05, 4.69) is 9.97 Å².